The van der Waals surface area contributed by atoms with Crippen molar-refractivity contribution in [2.24, 2.45) is 0 Å². The molecule has 0 spiro atoms. The van der Waals surface area contributed by atoms with Crippen LogP contribution in [0.15, 0.2) is 35.5 Å². The average Bonchev–Trinajstić information content (AvgIpc) is 2.44. The number of aromatic nitrogens is 2. The van der Waals surface area contributed by atoms with Crippen LogP contribution in [0.1, 0.15) is 12.5 Å². The van der Waals surface area contributed by atoms with Gasteiger partial charge < -0.3 is 10.3 Å². The molecule has 0 unspecified atom stereocenters. The van der Waals surface area contributed by atoms with E-state index in [-0.39, 0.29) is 5.75 Å². The maximum absolute atomic E-state index is 11.7. The quantitative estimate of drug-likeness (QED) is 0.849. The van der Waals surface area contributed by atoms with Crippen molar-refractivity contribution in [2.75, 3.05) is 11.1 Å². The number of benzene rings is 1. The molecule has 0 saturated carbocycles. The molecule has 0 fully saturated rings. The van der Waals surface area contributed by atoms with Crippen LogP contribution in [0.25, 0.3) is 0 Å². The Labute approximate surface area is 123 Å². The van der Waals surface area contributed by atoms with Crippen molar-refractivity contribution in [2.45, 2.75) is 18.7 Å². The van der Waals surface area contributed by atoms with Gasteiger partial charge in [0.15, 0.2) is 9.84 Å². The van der Waals surface area contributed by atoms with Crippen LogP contribution in [0.5, 0.6) is 0 Å². The summed E-state index contributed by atoms with van der Waals surface area (Å²) in [7, 11) is -3.16. The molecular formula is C13H15N3O2S2. The minimum Gasteiger partial charge on any atom is -0.341 e. The fourth-order valence-corrected chi connectivity index (χ4v) is 2.69. The molecule has 2 aromatic rings. The second kappa shape index (κ2) is 5.72. The molecule has 1 aromatic heterocycles. The number of sulfone groups is 1. The van der Waals surface area contributed by atoms with E-state index >= 15 is 0 Å². The summed E-state index contributed by atoms with van der Waals surface area (Å²) in [4.78, 5) is 7.28. The van der Waals surface area contributed by atoms with E-state index in [4.69, 9.17) is 12.2 Å². The number of hydrogen-bond acceptors (Lipinski definition) is 5. The van der Waals surface area contributed by atoms with Gasteiger partial charge in [0.2, 0.25) is 0 Å². The summed E-state index contributed by atoms with van der Waals surface area (Å²) in [5.41, 5.74) is 1.62. The van der Waals surface area contributed by atoms with Gasteiger partial charge in [-0.3, -0.25) is 0 Å². The summed E-state index contributed by atoms with van der Waals surface area (Å²) >= 11 is 5.09. The monoisotopic (exact) mass is 309 g/mol. The van der Waals surface area contributed by atoms with E-state index in [1.54, 1.807) is 31.2 Å². The molecule has 7 heteroatoms. The van der Waals surface area contributed by atoms with Crippen LogP contribution in [-0.2, 0) is 9.84 Å². The predicted octanol–water partition coefficient (Wildman–Crippen LogP) is 2.98. The molecule has 0 radical (unpaired) electrons. The topological polar surface area (TPSA) is 74.8 Å². The number of rotatable bonds is 4. The molecule has 0 atom stereocenters. The summed E-state index contributed by atoms with van der Waals surface area (Å²) < 4.78 is 24.0. The highest BCUT2D eigenvalue weighted by Crippen LogP contribution is 2.20. The number of aromatic amines is 1. The van der Waals surface area contributed by atoms with Gasteiger partial charge in [0.05, 0.1) is 17.0 Å². The molecular weight excluding hydrogens is 294 g/mol. The van der Waals surface area contributed by atoms with Crippen molar-refractivity contribution in [3.63, 3.8) is 0 Å². The van der Waals surface area contributed by atoms with Gasteiger partial charge in [-0.2, -0.15) is 0 Å². The fraction of sp³-hybridized carbons (Fsp3) is 0.231. The Kier molecular flexibility index (Phi) is 4.20. The maximum atomic E-state index is 11.7. The summed E-state index contributed by atoms with van der Waals surface area (Å²) in [6, 6.07) is 6.62. The molecule has 1 aromatic carbocycles. The Balaban J connectivity index is 2.28. The zero-order valence-electron chi connectivity index (χ0n) is 11.2. The van der Waals surface area contributed by atoms with E-state index in [0.717, 1.165) is 17.1 Å². The molecule has 0 aliphatic rings. The molecule has 2 rings (SSSR count). The second-order valence-corrected chi connectivity index (χ2v) is 6.93. The van der Waals surface area contributed by atoms with Gasteiger partial charge in [-0.05, 0) is 31.2 Å². The first-order chi connectivity index (χ1) is 9.44. The summed E-state index contributed by atoms with van der Waals surface area (Å²) in [5, 5.41) is 3.15. The Hall–Kier alpha value is -1.73. The van der Waals surface area contributed by atoms with E-state index in [1.165, 1.54) is 6.33 Å². The first-order valence-electron chi connectivity index (χ1n) is 6.08. The van der Waals surface area contributed by atoms with E-state index in [1.807, 2.05) is 6.92 Å². The van der Waals surface area contributed by atoms with Gasteiger partial charge in [0, 0.05) is 11.3 Å². The van der Waals surface area contributed by atoms with Crippen LogP contribution >= 0.6 is 12.2 Å². The lowest BCUT2D eigenvalue weighted by molar-refractivity contribution is 0.597. The van der Waals surface area contributed by atoms with Gasteiger partial charge in [0.25, 0.3) is 0 Å². The summed E-state index contributed by atoms with van der Waals surface area (Å²) in [5.74, 6) is 0.840. The van der Waals surface area contributed by atoms with Crippen LogP contribution < -0.4 is 5.32 Å². The predicted molar refractivity (Wildman–Crippen MR) is 81.6 cm³/mol. The number of hydrogen-bond donors (Lipinski definition) is 2. The number of nitrogens with zero attached hydrogens (tertiary/aromatic N) is 1. The van der Waals surface area contributed by atoms with Crippen molar-refractivity contribution in [3.05, 3.63) is 40.8 Å². The standard InChI is InChI=1S/C13H15N3O2S2/c1-3-20(17,18)11-6-4-10(5-7-11)16-12-9(2)13(19)15-8-14-12/h4-8H,3H2,1-2H3,(H2,14,15,16,19). The van der Waals surface area contributed by atoms with Crippen molar-refractivity contribution < 1.29 is 8.42 Å². The lowest BCUT2D eigenvalue weighted by Crippen LogP contribution is -2.04. The third kappa shape index (κ3) is 3.05. The van der Waals surface area contributed by atoms with Crippen molar-refractivity contribution >= 4 is 33.6 Å². The lowest BCUT2D eigenvalue weighted by Gasteiger charge is -2.09. The number of H-pyrrole nitrogens is 1. The molecule has 0 saturated heterocycles. The van der Waals surface area contributed by atoms with Crippen LogP contribution in [-0.4, -0.2) is 24.1 Å². The van der Waals surface area contributed by atoms with Crippen molar-refractivity contribution in [3.8, 4) is 0 Å². The molecule has 2 N–H and O–H groups in total. The lowest BCUT2D eigenvalue weighted by atomic mass is 10.3. The van der Waals surface area contributed by atoms with Gasteiger partial charge in [-0.15, -0.1) is 0 Å². The van der Waals surface area contributed by atoms with Crippen LogP contribution in [0, 0.1) is 11.6 Å². The Morgan fingerprint density at radius 3 is 2.55 bits per heavy atom. The Morgan fingerprint density at radius 2 is 1.95 bits per heavy atom. The van der Waals surface area contributed by atoms with E-state index in [9.17, 15) is 8.42 Å². The SMILES string of the molecule is CCS(=O)(=O)c1ccc(Nc2[nH]cnc(=S)c2C)cc1. The normalized spacial score (nSPS) is 11.3. The average molecular weight is 309 g/mol. The Bertz CT molecular complexity index is 765. The van der Waals surface area contributed by atoms with E-state index in [0.29, 0.717) is 9.54 Å². The summed E-state index contributed by atoms with van der Waals surface area (Å²) in [6.07, 6.45) is 1.52. The number of anilines is 2. The van der Waals surface area contributed by atoms with Crippen LogP contribution in [0.4, 0.5) is 11.5 Å². The maximum Gasteiger partial charge on any atom is 0.178 e. The molecule has 20 heavy (non-hydrogen) atoms. The molecule has 0 aliphatic carbocycles. The first-order valence-corrected chi connectivity index (χ1v) is 8.14. The molecule has 1 heterocycles. The largest absolute Gasteiger partial charge is 0.341 e. The highest BCUT2D eigenvalue weighted by Gasteiger charge is 2.11. The molecule has 0 aliphatic heterocycles. The molecule has 0 amide bonds. The zero-order valence-corrected chi connectivity index (χ0v) is 12.8. The highest BCUT2D eigenvalue weighted by molar-refractivity contribution is 7.91. The third-order valence-corrected chi connectivity index (χ3v) is 5.11. The third-order valence-electron chi connectivity index (χ3n) is 2.95. The van der Waals surface area contributed by atoms with Crippen LogP contribution in [0.2, 0.25) is 0 Å². The number of nitrogens with one attached hydrogen (secondary N) is 2. The molecule has 106 valence electrons. The summed E-state index contributed by atoms with van der Waals surface area (Å²) in [6.45, 7) is 3.49. The highest BCUT2D eigenvalue weighted by atomic mass is 32.2. The Morgan fingerprint density at radius 1 is 1.30 bits per heavy atom. The zero-order chi connectivity index (χ0) is 14.8. The smallest absolute Gasteiger partial charge is 0.178 e. The van der Waals surface area contributed by atoms with Crippen molar-refractivity contribution in [1.29, 1.82) is 0 Å². The van der Waals surface area contributed by atoms with Crippen LogP contribution in [0.3, 0.4) is 0 Å². The molecule has 5 nitrogen and oxygen atoms in total. The minimum absolute atomic E-state index is 0.0936. The van der Waals surface area contributed by atoms with E-state index < -0.39 is 9.84 Å². The van der Waals surface area contributed by atoms with Gasteiger partial charge in [-0.25, -0.2) is 13.4 Å². The fourth-order valence-electron chi connectivity index (χ4n) is 1.65. The van der Waals surface area contributed by atoms with Crippen molar-refractivity contribution in [1.82, 2.24) is 9.97 Å². The minimum atomic E-state index is -3.16. The van der Waals surface area contributed by atoms with Gasteiger partial charge in [-0.1, -0.05) is 19.1 Å². The van der Waals surface area contributed by atoms with E-state index in [2.05, 4.69) is 15.3 Å². The van der Waals surface area contributed by atoms with Gasteiger partial charge >= 0.3 is 0 Å². The van der Waals surface area contributed by atoms with Gasteiger partial charge in [0.1, 0.15) is 10.5 Å². The first kappa shape index (κ1) is 14.7. The molecule has 0 bridgehead atoms. The second-order valence-electron chi connectivity index (χ2n) is 4.26.